The van der Waals surface area contributed by atoms with E-state index in [1.165, 1.54) is 0 Å². The molecule has 0 aliphatic heterocycles. The average Bonchev–Trinajstić information content (AvgIpc) is 2.79. The van der Waals surface area contributed by atoms with Gasteiger partial charge < -0.3 is 10.4 Å². The largest absolute Gasteiger partial charge is 0.508 e. The van der Waals surface area contributed by atoms with Crippen molar-refractivity contribution >= 4 is 17.2 Å². The second kappa shape index (κ2) is 5.50. The normalized spacial score (nSPS) is 10.1. The van der Waals surface area contributed by atoms with E-state index in [0.717, 1.165) is 10.4 Å². The number of rotatable bonds is 4. The number of phenols is 1. The third-order valence-corrected chi connectivity index (χ3v) is 3.19. The lowest BCUT2D eigenvalue weighted by atomic mass is 10.2. The van der Waals surface area contributed by atoms with Crippen molar-refractivity contribution in [2.75, 3.05) is 0 Å². The Morgan fingerprint density at radius 2 is 2.18 bits per heavy atom. The first-order chi connectivity index (χ1) is 8.24. The van der Waals surface area contributed by atoms with Crippen molar-refractivity contribution in [3.63, 3.8) is 0 Å². The van der Waals surface area contributed by atoms with Crippen LogP contribution in [0, 0.1) is 0 Å². The first-order valence-corrected chi connectivity index (χ1v) is 6.19. The Balaban J connectivity index is 1.84. The summed E-state index contributed by atoms with van der Waals surface area (Å²) < 4.78 is 0. The summed E-state index contributed by atoms with van der Waals surface area (Å²) in [6.45, 7) is 0.443. The van der Waals surface area contributed by atoms with Crippen LogP contribution < -0.4 is 5.32 Å². The van der Waals surface area contributed by atoms with E-state index in [1.807, 2.05) is 23.6 Å². The monoisotopic (exact) mass is 247 g/mol. The molecule has 2 rings (SSSR count). The van der Waals surface area contributed by atoms with Crippen molar-refractivity contribution < 1.29 is 9.90 Å². The summed E-state index contributed by atoms with van der Waals surface area (Å²) in [5.41, 5.74) is 0.893. The topological polar surface area (TPSA) is 49.3 Å². The van der Waals surface area contributed by atoms with Gasteiger partial charge in [0.05, 0.1) is 6.42 Å². The predicted octanol–water partition coefficient (Wildman–Crippen LogP) is 2.31. The lowest BCUT2D eigenvalue weighted by molar-refractivity contribution is -0.120. The van der Waals surface area contributed by atoms with Gasteiger partial charge in [-0.25, -0.2) is 0 Å². The molecule has 2 N–H and O–H groups in total. The maximum absolute atomic E-state index is 11.6. The Labute approximate surface area is 104 Å². The molecule has 0 atom stereocenters. The SMILES string of the molecule is O=C(Cc1cccs1)NCc1cccc(O)c1. The van der Waals surface area contributed by atoms with Crippen molar-refractivity contribution in [1.29, 1.82) is 0 Å². The van der Waals surface area contributed by atoms with Crippen molar-refractivity contribution in [2.45, 2.75) is 13.0 Å². The molecule has 0 saturated carbocycles. The molecule has 0 aliphatic rings. The number of benzene rings is 1. The summed E-state index contributed by atoms with van der Waals surface area (Å²) in [7, 11) is 0. The minimum atomic E-state index is -0.00390. The fraction of sp³-hybridized carbons (Fsp3) is 0.154. The third kappa shape index (κ3) is 3.60. The molecule has 17 heavy (non-hydrogen) atoms. The minimum Gasteiger partial charge on any atom is -0.508 e. The molecule has 3 nitrogen and oxygen atoms in total. The molecule has 4 heteroatoms. The smallest absolute Gasteiger partial charge is 0.225 e. The number of thiophene rings is 1. The van der Waals surface area contributed by atoms with Crippen LogP contribution in [0.4, 0.5) is 0 Å². The van der Waals surface area contributed by atoms with Gasteiger partial charge in [-0.1, -0.05) is 18.2 Å². The molecule has 0 spiro atoms. The molecular weight excluding hydrogens is 234 g/mol. The molecule has 0 unspecified atom stereocenters. The molecule has 0 fully saturated rings. The number of amides is 1. The zero-order chi connectivity index (χ0) is 12.1. The second-order valence-electron chi connectivity index (χ2n) is 3.70. The lowest BCUT2D eigenvalue weighted by Crippen LogP contribution is -2.24. The highest BCUT2D eigenvalue weighted by molar-refractivity contribution is 7.10. The Bertz CT molecular complexity index is 494. The fourth-order valence-corrected chi connectivity index (χ4v) is 2.20. The van der Waals surface area contributed by atoms with Crippen LogP contribution in [0.2, 0.25) is 0 Å². The third-order valence-electron chi connectivity index (χ3n) is 2.32. The molecule has 0 saturated heterocycles. The van der Waals surface area contributed by atoms with Gasteiger partial charge in [-0.3, -0.25) is 4.79 Å². The van der Waals surface area contributed by atoms with Gasteiger partial charge in [-0.05, 0) is 29.1 Å². The van der Waals surface area contributed by atoms with E-state index in [4.69, 9.17) is 0 Å². The van der Waals surface area contributed by atoms with Crippen molar-refractivity contribution in [1.82, 2.24) is 5.32 Å². The van der Waals surface area contributed by atoms with Gasteiger partial charge in [0.15, 0.2) is 0 Å². The highest BCUT2D eigenvalue weighted by Crippen LogP contribution is 2.11. The van der Waals surface area contributed by atoms with E-state index in [0.29, 0.717) is 13.0 Å². The highest BCUT2D eigenvalue weighted by atomic mass is 32.1. The zero-order valence-electron chi connectivity index (χ0n) is 9.22. The van der Waals surface area contributed by atoms with Gasteiger partial charge in [0.1, 0.15) is 5.75 Å². The van der Waals surface area contributed by atoms with E-state index in [1.54, 1.807) is 29.5 Å². The number of carbonyl (C=O) groups excluding carboxylic acids is 1. The summed E-state index contributed by atoms with van der Waals surface area (Å²) >= 11 is 1.57. The van der Waals surface area contributed by atoms with Crippen molar-refractivity contribution in [3.8, 4) is 5.75 Å². The van der Waals surface area contributed by atoms with E-state index in [-0.39, 0.29) is 11.7 Å². The number of hydrogen-bond acceptors (Lipinski definition) is 3. The highest BCUT2D eigenvalue weighted by Gasteiger charge is 2.04. The van der Waals surface area contributed by atoms with Crippen LogP contribution in [0.5, 0.6) is 5.75 Å². The lowest BCUT2D eigenvalue weighted by Gasteiger charge is -2.04. The number of nitrogens with one attached hydrogen (secondary N) is 1. The summed E-state index contributed by atoms with van der Waals surface area (Å²) in [4.78, 5) is 12.7. The van der Waals surface area contributed by atoms with Crippen LogP contribution in [0.1, 0.15) is 10.4 Å². The standard InChI is InChI=1S/C13H13NO2S/c15-11-4-1-3-10(7-11)9-14-13(16)8-12-5-2-6-17-12/h1-7,15H,8-9H2,(H,14,16). The first kappa shape index (κ1) is 11.7. The van der Waals surface area contributed by atoms with E-state index >= 15 is 0 Å². The molecule has 1 amide bonds. The number of carbonyl (C=O) groups is 1. The van der Waals surface area contributed by atoms with Crippen LogP contribution in [0.3, 0.4) is 0 Å². The van der Waals surface area contributed by atoms with Crippen LogP contribution in [0.15, 0.2) is 41.8 Å². The molecule has 2 aromatic rings. The summed E-state index contributed by atoms with van der Waals surface area (Å²) in [6, 6.07) is 10.8. The van der Waals surface area contributed by atoms with Gasteiger partial charge in [0.25, 0.3) is 0 Å². The van der Waals surface area contributed by atoms with Crippen molar-refractivity contribution in [3.05, 3.63) is 52.2 Å². The molecule has 1 aromatic heterocycles. The Hall–Kier alpha value is -1.81. The summed E-state index contributed by atoms with van der Waals surface area (Å²) in [6.07, 6.45) is 0.413. The molecule has 1 heterocycles. The van der Waals surface area contributed by atoms with Gasteiger partial charge in [-0.15, -0.1) is 11.3 Å². The van der Waals surface area contributed by atoms with Crippen LogP contribution >= 0.6 is 11.3 Å². The molecule has 0 aliphatic carbocycles. The quantitative estimate of drug-likeness (QED) is 0.871. The maximum Gasteiger partial charge on any atom is 0.225 e. The van der Waals surface area contributed by atoms with Gasteiger partial charge in [0, 0.05) is 11.4 Å². The summed E-state index contributed by atoms with van der Waals surface area (Å²) in [5.74, 6) is 0.214. The zero-order valence-corrected chi connectivity index (χ0v) is 10.0. The summed E-state index contributed by atoms with van der Waals surface area (Å²) in [5, 5.41) is 14.1. The van der Waals surface area contributed by atoms with Gasteiger partial charge in [0.2, 0.25) is 5.91 Å². The Morgan fingerprint density at radius 3 is 2.88 bits per heavy atom. The molecule has 0 bridgehead atoms. The molecule has 1 aromatic carbocycles. The fourth-order valence-electron chi connectivity index (χ4n) is 1.50. The molecule has 88 valence electrons. The molecular formula is C13H13NO2S. The average molecular weight is 247 g/mol. The molecule has 0 radical (unpaired) electrons. The Kier molecular flexibility index (Phi) is 3.77. The van der Waals surface area contributed by atoms with Crippen molar-refractivity contribution in [2.24, 2.45) is 0 Å². The number of aromatic hydroxyl groups is 1. The number of phenolic OH excluding ortho intramolecular Hbond substituents is 1. The van der Waals surface area contributed by atoms with Crippen LogP contribution in [-0.2, 0) is 17.8 Å². The second-order valence-corrected chi connectivity index (χ2v) is 4.74. The minimum absolute atomic E-state index is 0.00390. The van der Waals surface area contributed by atoms with E-state index < -0.39 is 0 Å². The van der Waals surface area contributed by atoms with Crippen LogP contribution in [-0.4, -0.2) is 11.0 Å². The first-order valence-electron chi connectivity index (χ1n) is 5.31. The predicted molar refractivity (Wildman–Crippen MR) is 68.0 cm³/mol. The Morgan fingerprint density at radius 1 is 1.29 bits per heavy atom. The van der Waals surface area contributed by atoms with Gasteiger partial charge >= 0.3 is 0 Å². The van der Waals surface area contributed by atoms with E-state index in [9.17, 15) is 9.90 Å². The number of hydrogen-bond donors (Lipinski definition) is 2. The van der Waals surface area contributed by atoms with E-state index in [2.05, 4.69) is 5.32 Å². The van der Waals surface area contributed by atoms with Gasteiger partial charge in [-0.2, -0.15) is 0 Å². The van der Waals surface area contributed by atoms with Crippen LogP contribution in [0.25, 0.3) is 0 Å². The maximum atomic E-state index is 11.6.